The van der Waals surface area contributed by atoms with E-state index in [2.05, 4.69) is 9.97 Å². The van der Waals surface area contributed by atoms with E-state index in [1.165, 1.54) is 25.3 Å². The summed E-state index contributed by atoms with van der Waals surface area (Å²) in [7, 11) is 1.44. The molecule has 0 fully saturated rings. The van der Waals surface area contributed by atoms with Gasteiger partial charge in [0.2, 0.25) is 0 Å². The fourth-order valence-electron chi connectivity index (χ4n) is 2.53. The fourth-order valence-corrected chi connectivity index (χ4v) is 2.53. The van der Waals surface area contributed by atoms with Gasteiger partial charge in [-0.3, -0.25) is 4.79 Å². The van der Waals surface area contributed by atoms with Gasteiger partial charge in [0.1, 0.15) is 0 Å². The Labute approximate surface area is 154 Å². The number of benzene rings is 2. The van der Waals surface area contributed by atoms with Crippen LogP contribution >= 0.6 is 0 Å². The summed E-state index contributed by atoms with van der Waals surface area (Å²) in [6.45, 7) is 1.63. The monoisotopic (exact) mass is 366 g/mol. The molecule has 0 spiro atoms. The predicted octanol–water partition coefficient (Wildman–Crippen LogP) is 2.95. The highest BCUT2D eigenvalue weighted by atomic mass is 16.5. The summed E-state index contributed by atoms with van der Waals surface area (Å²) in [6.07, 6.45) is 2.06. The number of carbonyl (C=O) groups excluding carboxylic acids is 1. The predicted molar refractivity (Wildman–Crippen MR) is 101 cm³/mol. The maximum absolute atomic E-state index is 12.1. The normalized spacial score (nSPS) is 12.2. The molecule has 3 rings (SSSR count). The first-order valence-electron chi connectivity index (χ1n) is 8.22. The van der Waals surface area contributed by atoms with Crippen LogP contribution in [0.2, 0.25) is 0 Å². The number of phenolic OH excluding ortho intramolecular Hbond substituents is 1. The Morgan fingerprint density at radius 1 is 1.26 bits per heavy atom. The van der Waals surface area contributed by atoms with Crippen molar-refractivity contribution in [2.75, 3.05) is 7.11 Å². The molecule has 0 aliphatic carbocycles. The maximum atomic E-state index is 12.1. The van der Waals surface area contributed by atoms with E-state index in [1.54, 1.807) is 43.3 Å². The lowest BCUT2D eigenvalue weighted by molar-refractivity contribution is -0.142. The standard InChI is InChI=1S/C20H18N2O5/c1-12(19-21-15-6-4-3-5-14(15)20(25)22-19)27-18(24)10-8-13-7-9-16(23)17(11-13)26-2/h3-12,23H,1-2H3,(H,21,22,25)/b10-8+/t12-/m0/s1. The van der Waals surface area contributed by atoms with Gasteiger partial charge >= 0.3 is 5.97 Å². The number of methoxy groups -OCH3 is 1. The van der Waals surface area contributed by atoms with Crippen molar-refractivity contribution in [3.05, 3.63) is 70.3 Å². The number of aromatic nitrogens is 2. The first-order valence-corrected chi connectivity index (χ1v) is 8.22. The molecule has 138 valence electrons. The average molecular weight is 366 g/mol. The lowest BCUT2D eigenvalue weighted by atomic mass is 10.2. The van der Waals surface area contributed by atoms with Crippen LogP contribution in [0.3, 0.4) is 0 Å². The first kappa shape index (κ1) is 18.2. The summed E-state index contributed by atoms with van der Waals surface area (Å²) in [5, 5.41) is 10.1. The van der Waals surface area contributed by atoms with E-state index in [9.17, 15) is 14.7 Å². The number of ether oxygens (including phenoxy) is 2. The van der Waals surface area contributed by atoms with Crippen LogP contribution in [-0.2, 0) is 9.53 Å². The maximum Gasteiger partial charge on any atom is 0.331 e. The summed E-state index contributed by atoms with van der Waals surface area (Å²) in [6, 6.07) is 11.6. The third-order valence-electron chi connectivity index (χ3n) is 3.92. The molecular weight excluding hydrogens is 348 g/mol. The second kappa shape index (κ2) is 7.74. The van der Waals surface area contributed by atoms with Crippen molar-refractivity contribution in [2.45, 2.75) is 13.0 Å². The van der Waals surface area contributed by atoms with E-state index in [0.717, 1.165) is 0 Å². The molecule has 27 heavy (non-hydrogen) atoms. The van der Waals surface area contributed by atoms with Crippen LogP contribution < -0.4 is 10.3 Å². The van der Waals surface area contributed by atoms with Gasteiger partial charge in [-0.2, -0.15) is 0 Å². The highest BCUT2D eigenvalue weighted by Crippen LogP contribution is 2.26. The Morgan fingerprint density at radius 2 is 2.04 bits per heavy atom. The van der Waals surface area contributed by atoms with Crippen LogP contribution in [-0.4, -0.2) is 28.2 Å². The smallest absolute Gasteiger partial charge is 0.331 e. The quantitative estimate of drug-likeness (QED) is 0.532. The van der Waals surface area contributed by atoms with Crippen molar-refractivity contribution in [3.8, 4) is 11.5 Å². The third-order valence-corrected chi connectivity index (χ3v) is 3.92. The van der Waals surface area contributed by atoms with E-state index in [1.807, 2.05) is 0 Å². The van der Waals surface area contributed by atoms with Gasteiger partial charge in [0.15, 0.2) is 23.4 Å². The minimum Gasteiger partial charge on any atom is -0.504 e. The Hall–Kier alpha value is -3.61. The zero-order chi connectivity index (χ0) is 19.4. The highest BCUT2D eigenvalue weighted by molar-refractivity contribution is 5.87. The molecule has 2 N–H and O–H groups in total. The summed E-state index contributed by atoms with van der Waals surface area (Å²) >= 11 is 0. The number of rotatable bonds is 5. The zero-order valence-corrected chi connectivity index (χ0v) is 14.8. The number of hydrogen-bond acceptors (Lipinski definition) is 6. The molecule has 3 aromatic rings. The number of H-pyrrole nitrogens is 1. The molecular formula is C20H18N2O5. The molecule has 0 amide bonds. The molecule has 1 aromatic heterocycles. The zero-order valence-electron chi connectivity index (χ0n) is 14.8. The molecule has 1 heterocycles. The molecule has 0 aliphatic rings. The number of fused-ring (bicyclic) bond motifs is 1. The van der Waals surface area contributed by atoms with Crippen molar-refractivity contribution >= 4 is 22.9 Å². The number of aromatic hydroxyl groups is 1. The number of para-hydroxylation sites is 1. The largest absolute Gasteiger partial charge is 0.504 e. The van der Waals surface area contributed by atoms with Crippen LogP contribution in [0.5, 0.6) is 11.5 Å². The second-order valence-electron chi connectivity index (χ2n) is 5.81. The van der Waals surface area contributed by atoms with Gasteiger partial charge in [-0.15, -0.1) is 0 Å². The summed E-state index contributed by atoms with van der Waals surface area (Å²) in [5.74, 6) is -0.00823. The van der Waals surface area contributed by atoms with Crippen LogP contribution in [0.25, 0.3) is 17.0 Å². The minimum absolute atomic E-state index is 0.0113. The van der Waals surface area contributed by atoms with E-state index < -0.39 is 12.1 Å². The van der Waals surface area contributed by atoms with Gasteiger partial charge in [0, 0.05) is 6.08 Å². The van der Waals surface area contributed by atoms with E-state index in [0.29, 0.717) is 22.2 Å². The molecule has 0 radical (unpaired) electrons. The van der Waals surface area contributed by atoms with Crippen molar-refractivity contribution in [1.82, 2.24) is 9.97 Å². The number of phenols is 1. The summed E-state index contributed by atoms with van der Waals surface area (Å²) in [5.41, 5.74) is 0.905. The molecule has 2 aromatic carbocycles. The Bertz CT molecular complexity index is 1070. The number of nitrogens with one attached hydrogen (secondary N) is 1. The van der Waals surface area contributed by atoms with Crippen molar-refractivity contribution in [3.63, 3.8) is 0 Å². The lowest BCUT2D eigenvalue weighted by Gasteiger charge is -2.11. The molecule has 0 saturated heterocycles. The SMILES string of the molecule is COc1cc(/C=C/C(=O)O[C@@H](C)c2nc3ccccc3c(=O)[nH]2)ccc1O. The van der Waals surface area contributed by atoms with Crippen LogP contribution in [0.1, 0.15) is 24.4 Å². The number of aromatic amines is 1. The van der Waals surface area contributed by atoms with Crippen molar-refractivity contribution in [1.29, 1.82) is 0 Å². The van der Waals surface area contributed by atoms with E-state index in [4.69, 9.17) is 9.47 Å². The topological polar surface area (TPSA) is 102 Å². The minimum atomic E-state index is -0.728. The molecule has 7 nitrogen and oxygen atoms in total. The second-order valence-corrected chi connectivity index (χ2v) is 5.81. The average Bonchev–Trinajstić information content (AvgIpc) is 2.67. The highest BCUT2D eigenvalue weighted by Gasteiger charge is 2.14. The first-order chi connectivity index (χ1) is 13.0. The Balaban J connectivity index is 1.73. The van der Waals surface area contributed by atoms with Crippen molar-refractivity contribution in [2.24, 2.45) is 0 Å². The summed E-state index contributed by atoms with van der Waals surface area (Å²) < 4.78 is 10.3. The van der Waals surface area contributed by atoms with E-state index in [-0.39, 0.29) is 17.1 Å². The van der Waals surface area contributed by atoms with Gasteiger partial charge in [0.05, 0.1) is 18.0 Å². The van der Waals surface area contributed by atoms with Gasteiger partial charge < -0.3 is 19.6 Å². The van der Waals surface area contributed by atoms with Gasteiger partial charge in [-0.25, -0.2) is 9.78 Å². The molecule has 0 unspecified atom stereocenters. The Kier molecular flexibility index (Phi) is 5.21. The van der Waals surface area contributed by atoms with Gasteiger partial charge in [0.25, 0.3) is 5.56 Å². The molecule has 1 atom stereocenters. The fraction of sp³-hybridized carbons (Fsp3) is 0.150. The Morgan fingerprint density at radius 3 is 2.81 bits per heavy atom. The van der Waals surface area contributed by atoms with Crippen molar-refractivity contribution < 1.29 is 19.4 Å². The van der Waals surface area contributed by atoms with Crippen LogP contribution in [0.4, 0.5) is 0 Å². The lowest BCUT2D eigenvalue weighted by Crippen LogP contribution is -2.16. The molecule has 0 bridgehead atoms. The molecule has 0 aliphatic heterocycles. The molecule has 7 heteroatoms. The van der Waals surface area contributed by atoms with Crippen LogP contribution in [0.15, 0.2) is 53.3 Å². The van der Waals surface area contributed by atoms with E-state index >= 15 is 0 Å². The number of hydrogen-bond donors (Lipinski definition) is 2. The number of nitrogens with zero attached hydrogens (tertiary/aromatic N) is 1. The summed E-state index contributed by atoms with van der Waals surface area (Å²) in [4.78, 5) is 31.1. The van der Waals surface area contributed by atoms with Gasteiger partial charge in [-0.05, 0) is 42.8 Å². The number of esters is 1. The van der Waals surface area contributed by atoms with Gasteiger partial charge in [-0.1, -0.05) is 18.2 Å². The molecule has 0 saturated carbocycles. The number of carbonyl (C=O) groups is 1. The third kappa shape index (κ3) is 4.14. The van der Waals surface area contributed by atoms with Crippen LogP contribution in [0, 0.1) is 0 Å².